The van der Waals surface area contributed by atoms with Crippen LogP contribution in [0.1, 0.15) is 0 Å². The molecule has 6 nitrogen and oxygen atoms in total. The van der Waals surface area contributed by atoms with Gasteiger partial charge in [-0.05, 0) is 17.7 Å². The maximum atomic E-state index is 5.95. The van der Waals surface area contributed by atoms with Gasteiger partial charge in [0.2, 0.25) is 0 Å². The molecule has 1 saturated heterocycles. The lowest BCUT2D eigenvalue weighted by atomic mass is 10.2. The summed E-state index contributed by atoms with van der Waals surface area (Å²) >= 11 is 1.71. The SMILES string of the molecule is c1ccc(-c2cc3c(N4CCOC(Cn5cccn5)C4)ncnc3s2)cc1. The molecule has 0 N–H and O–H groups in total. The zero-order valence-electron chi connectivity index (χ0n) is 14.7. The van der Waals surface area contributed by atoms with Crippen LogP contribution < -0.4 is 4.90 Å². The van der Waals surface area contributed by atoms with Crippen LogP contribution in [-0.4, -0.2) is 45.5 Å². The molecule has 0 radical (unpaired) electrons. The van der Waals surface area contributed by atoms with Gasteiger partial charge in [0.1, 0.15) is 17.0 Å². The van der Waals surface area contributed by atoms with E-state index in [1.807, 2.05) is 23.0 Å². The third-order valence-electron chi connectivity index (χ3n) is 4.75. The Kier molecular flexibility index (Phi) is 4.31. The molecule has 0 spiro atoms. The molecular weight excluding hydrogens is 358 g/mol. The summed E-state index contributed by atoms with van der Waals surface area (Å²) in [5.74, 6) is 0.993. The van der Waals surface area contributed by atoms with E-state index in [1.54, 1.807) is 23.9 Å². The second-order valence-corrected chi connectivity index (χ2v) is 7.59. The van der Waals surface area contributed by atoms with Crippen LogP contribution in [0.2, 0.25) is 0 Å². The Balaban J connectivity index is 1.44. The van der Waals surface area contributed by atoms with E-state index < -0.39 is 0 Å². The van der Waals surface area contributed by atoms with Crippen LogP contribution in [0.4, 0.5) is 5.82 Å². The van der Waals surface area contributed by atoms with E-state index in [1.165, 1.54) is 10.4 Å². The Hall–Kier alpha value is -2.77. The van der Waals surface area contributed by atoms with Gasteiger partial charge in [0.05, 0.1) is 24.6 Å². The van der Waals surface area contributed by atoms with Gasteiger partial charge >= 0.3 is 0 Å². The molecule has 136 valence electrons. The van der Waals surface area contributed by atoms with Crippen LogP contribution in [0.5, 0.6) is 0 Å². The number of hydrogen-bond donors (Lipinski definition) is 0. The lowest BCUT2D eigenvalue weighted by molar-refractivity contribution is 0.0273. The molecule has 27 heavy (non-hydrogen) atoms. The second kappa shape index (κ2) is 7.09. The van der Waals surface area contributed by atoms with Gasteiger partial charge in [-0.3, -0.25) is 4.68 Å². The molecule has 4 aromatic rings. The lowest BCUT2D eigenvalue weighted by Gasteiger charge is -2.33. The average Bonchev–Trinajstić information content (AvgIpc) is 3.38. The molecular formula is C20H19N5OS. The van der Waals surface area contributed by atoms with E-state index in [-0.39, 0.29) is 6.10 Å². The molecule has 7 heteroatoms. The number of hydrogen-bond acceptors (Lipinski definition) is 6. The minimum Gasteiger partial charge on any atom is -0.373 e. The van der Waals surface area contributed by atoms with Gasteiger partial charge in [-0.2, -0.15) is 5.10 Å². The van der Waals surface area contributed by atoms with Crippen molar-refractivity contribution in [2.45, 2.75) is 12.6 Å². The highest BCUT2D eigenvalue weighted by Gasteiger charge is 2.24. The summed E-state index contributed by atoms with van der Waals surface area (Å²) in [5, 5.41) is 5.40. The van der Waals surface area contributed by atoms with Gasteiger partial charge in [-0.25, -0.2) is 9.97 Å². The summed E-state index contributed by atoms with van der Waals surface area (Å²) in [6, 6.07) is 14.6. The maximum absolute atomic E-state index is 5.95. The smallest absolute Gasteiger partial charge is 0.140 e. The molecule has 0 bridgehead atoms. The van der Waals surface area contributed by atoms with Gasteiger partial charge in [-0.1, -0.05) is 30.3 Å². The van der Waals surface area contributed by atoms with E-state index in [0.717, 1.165) is 35.7 Å². The summed E-state index contributed by atoms with van der Waals surface area (Å²) in [6.07, 6.45) is 5.53. The largest absolute Gasteiger partial charge is 0.373 e. The van der Waals surface area contributed by atoms with E-state index in [0.29, 0.717) is 6.61 Å². The standard InChI is InChI=1S/C20H19N5OS/c1-2-5-15(6-3-1)18-11-17-19(21-14-22-20(17)27-18)24-9-10-26-16(12-24)13-25-8-4-7-23-25/h1-8,11,14,16H,9-10,12-13H2. The number of rotatable bonds is 4. The van der Waals surface area contributed by atoms with Crippen molar-refractivity contribution in [3.63, 3.8) is 0 Å². The fraction of sp³-hybridized carbons (Fsp3) is 0.250. The Labute approximate surface area is 161 Å². The minimum atomic E-state index is 0.0934. The van der Waals surface area contributed by atoms with Crippen molar-refractivity contribution in [1.82, 2.24) is 19.7 Å². The van der Waals surface area contributed by atoms with Gasteiger partial charge < -0.3 is 9.64 Å². The molecule has 1 atom stereocenters. The molecule has 4 heterocycles. The first-order chi connectivity index (χ1) is 13.4. The topological polar surface area (TPSA) is 56.1 Å². The molecule has 1 unspecified atom stereocenters. The van der Waals surface area contributed by atoms with Crippen LogP contribution in [0.25, 0.3) is 20.7 Å². The number of nitrogens with zero attached hydrogens (tertiary/aromatic N) is 5. The Bertz CT molecular complexity index is 1030. The number of ether oxygens (including phenoxy) is 1. The van der Waals surface area contributed by atoms with Crippen molar-refractivity contribution in [2.75, 3.05) is 24.6 Å². The van der Waals surface area contributed by atoms with Crippen molar-refractivity contribution < 1.29 is 4.74 Å². The van der Waals surface area contributed by atoms with E-state index in [9.17, 15) is 0 Å². The molecule has 1 fully saturated rings. The summed E-state index contributed by atoms with van der Waals surface area (Å²) in [5.41, 5.74) is 1.21. The lowest BCUT2D eigenvalue weighted by Crippen LogP contribution is -2.44. The van der Waals surface area contributed by atoms with Crippen LogP contribution >= 0.6 is 11.3 Å². The summed E-state index contributed by atoms with van der Waals surface area (Å²) in [4.78, 5) is 13.7. The van der Waals surface area contributed by atoms with Crippen LogP contribution in [0.3, 0.4) is 0 Å². The fourth-order valence-corrected chi connectivity index (χ4v) is 4.48. The highest BCUT2D eigenvalue weighted by atomic mass is 32.1. The van der Waals surface area contributed by atoms with E-state index in [4.69, 9.17) is 4.74 Å². The molecule has 0 aliphatic carbocycles. The van der Waals surface area contributed by atoms with E-state index in [2.05, 4.69) is 50.3 Å². The van der Waals surface area contributed by atoms with Crippen LogP contribution in [0, 0.1) is 0 Å². The third kappa shape index (κ3) is 3.31. The van der Waals surface area contributed by atoms with Crippen LogP contribution in [-0.2, 0) is 11.3 Å². The minimum absolute atomic E-state index is 0.0934. The van der Waals surface area contributed by atoms with Gasteiger partial charge in [0.15, 0.2) is 0 Å². The van der Waals surface area contributed by atoms with Crippen molar-refractivity contribution in [3.05, 3.63) is 61.2 Å². The normalized spacial score (nSPS) is 17.5. The number of benzene rings is 1. The molecule has 0 saturated carbocycles. The Morgan fingerprint density at radius 3 is 2.93 bits per heavy atom. The fourth-order valence-electron chi connectivity index (χ4n) is 3.48. The predicted octanol–water partition coefficient (Wildman–Crippen LogP) is 3.46. The third-order valence-corrected chi connectivity index (χ3v) is 5.85. The van der Waals surface area contributed by atoms with Crippen molar-refractivity contribution >= 4 is 27.4 Å². The number of aromatic nitrogens is 4. The zero-order chi connectivity index (χ0) is 18.1. The molecule has 1 aliphatic rings. The second-order valence-electron chi connectivity index (χ2n) is 6.56. The average molecular weight is 377 g/mol. The quantitative estimate of drug-likeness (QED) is 0.545. The zero-order valence-corrected chi connectivity index (χ0v) is 15.5. The molecule has 3 aromatic heterocycles. The van der Waals surface area contributed by atoms with Crippen molar-refractivity contribution in [2.24, 2.45) is 0 Å². The van der Waals surface area contributed by atoms with Gasteiger partial charge in [0.25, 0.3) is 0 Å². The number of anilines is 1. The van der Waals surface area contributed by atoms with Crippen molar-refractivity contribution in [1.29, 1.82) is 0 Å². The highest BCUT2D eigenvalue weighted by molar-refractivity contribution is 7.21. The maximum Gasteiger partial charge on any atom is 0.140 e. The number of fused-ring (bicyclic) bond motifs is 1. The molecule has 0 amide bonds. The highest BCUT2D eigenvalue weighted by Crippen LogP contribution is 2.36. The first-order valence-electron chi connectivity index (χ1n) is 9.01. The Morgan fingerprint density at radius 2 is 2.07 bits per heavy atom. The molecule has 1 aromatic carbocycles. The molecule has 1 aliphatic heterocycles. The first-order valence-corrected chi connectivity index (χ1v) is 9.82. The summed E-state index contributed by atoms with van der Waals surface area (Å²) in [6.45, 7) is 3.06. The van der Waals surface area contributed by atoms with E-state index >= 15 is 0 Å². The molecule has 5 rings (SSSR count). The predicted molar refractivity (Wildman–Crippen MR) is 107 cm³/mol. The summed E-state index contributed by atoms with van der Waals surface area (Å²) < 4.78 is 7.86. The first kappa shape index (κ1) is 16.4. The number of thiophene rings is 1. The Morgan fingerprint density at radius 1 is 1.15 bits per heavy atom. The van der Waals surface area contributed by atoms with Gasteiger partial charge in [-0.15, -0.1) is 11.3 Å². The number of morpholine rings is 1. The monoisotopic (exact) mass is 377 g/mol. The summed E-state index contributed by atoms with van der Waals surface area (Å²) in [7, 11) is 0. The van der Waals surface area contributed by atoms with Gasteiger partial charge in [0, 0.05) is 30.4 Å². The van der Waals surface area contributed by atoms with Crippen LogP contribution in [0.15, 0.2) is 61.2 Å². The van der Waals surface area contributed by atoms with Crippen molar-refractivity contribution in [3.8, 4) is 10.4 Å².